The van der Waals surface area contributed by atoms with Crippen LogP contribution in [0.25, 0.3) is 10.2 Å². The SMILES string of the molecule is C=Cc1cc[n+](CCCC)cc1.O=S(=O)([N-]S(=O)(=O)C(F)(F)F)C(F)(F)F. The fourth-order valence-corrected chi connectivity index (χ4v) is 3.02. The number of alkyl halides is 6. The van der Waals surface area contributed by atoms with Gasteiger partial charge in [-0.05, 0) is 5.56 Å². The Kier molecular flexibility index (Phi) is 8.92. The van der Waals surface area contributed by atoms with E-state index in [1.807, 2.05) is 6.08 Å². The van der Waals surface area contributed by atoms with Gasteiger partial charge in [0, 0.05) is 18.6 Å². The maximum Gasteiger partial charge on any atom is 0.480 e. The number of aryl methyl sites for hydroxylation is 1. The minimum atomic E-state index is -6.72. The Morgan fingerprint density at radius 3 is 1.70 bits per heavy atom. The summed E-state index contributed by atoms with van der Waals surface area (Å²) in [6.07, 6.45) is 8.57. The predicted molar refractivity (Wildman–Crippen MR) is 84.9 cm³/mol. The fraction of sp³-hybridized carbons (Fsp3) is 0.462. The average molecular weight is 442 g/mol. The van der Waals surface area contributed by atoms with Gasteiger partial charge in [0.2, 0.25) is 0 Å². The highest BCUT2D eigenvalue weighted by Gasteiger charge is 2.46. The van der Waals surface area contributed by atoms with E-state index in [4.69, 9.17) is 0 Å². The molecule has 0 fully saturated rings. The molecule has 0 aliphatic rings. The lowest BCUT2D eigenvalue weighted by Crippen LogP contribution is -2.32. The van der Waals surface area contributed by atoms with Crippen LogP contribution in [0.5, 0.6) is 0 Å². The first-order chi connectivity index (χ1) is 12.1. The van der Waals surface area contributed by atoms with Crippen molar-refractivity contribution in [2.45, 2.75) is 37.3 Å². The Morgan fingerprint density at radius 1 is 1.00 bits per heavy atom. The molecule has 156 valence electrons. The number of halogens is 6. The Morgan fingerprint density at radius 2 is 1.41 bits per heavy atom. The zero-order valence-electron chi connectivity index (χ0n) is 13.8. The number of pyridine rings is 1. The minimum absolute atomic E-state index is 0.778. The summed E-state index contributed by atoms with van der Waals surface area (Å²) in [4.78, 5) is 0. The molecule has 0 aliphatic heterocycles. The van der Waals surface area contributed by atoms with E-state index in [1.54, 1.807) is 0 Å². The Labute approximate surface area is 152 Å². The summed E-state index contributed by atoms with van der Waals surface area (Å²) in [5.74, 6) is 0. The number of sulfonamides is 2. The third-order valence-corrected chi connectivity index (χ3v) is 5.44. The van der Waals surface area contributed by atoms with Crippen LogP contribution in [0, 0.1) is 0 Å². The van der Waals surface area contributed by atoms with Crippen LogP contribution in [0.2, 0.25) is 0 Å². The summed E-state index contributed by atoms with van der Waals surface area (Å²) in [6, 6.07) is 4.17. The van der Waals surface area contributed by atoms with Crippen LogP contribution in [-0.4, -0.2) is 27.9 Å². The summed E-state index contributed by atoms with van der Waals surface area (Å²) < 4.78 is 111. The van der Waals surface area contributed by atoms with Gasteiger partial charge in [-0.25, -0.2) is 21.4 Å². The van der Waals surface area contributed by atoms with Gasteiger partial charge in [-0.1, -0.05) is 26.0 Å². The number of nitrogens with zero attached hydrogens (tertiary/aromatic N) is 2. The summed E-state index contributed by atoms with van der Waals surface area (Å²) in [6.45, 7) is 7.04. The van der Waals surface area contributed by atoms with Crippen LogP contribution in [0.1, 0.15) is 25.3 Å². The summed E-state index contributed by atoms with van der Waals surface area (Å²) in [5.41, 5.74) is -11.2. The third kappa shape index (κ3) is 8.26. The van der Waals surface area contributed by atoms with Gasteiger partial charge >= 0.3 is 11.0 Å². The number of hydrogen-bond acceptors (Lipinski definition) is 4. The highest BCUT2D eigenvalue weighted by atomic mass is 32.3. The van der Waals surface area contributed by atoms with Crippen LogP contribution in [0.15, 0.2) is 31.1 Å². The summed E-state index contributed by atoms with van der Waals surface area (Å²) in [7, 11) is -13.4. The molecule has 1 rings (SSSR count). The van der Waals surface area contributed by atoms with Crippen molar-refractivity contribution in [3.8, 4) is 0 Å². The number of aromatic nitrogens is 1. The molecule has 0 bridgehead atoms. The molecule has 14 heteroatoms. The third-order valence-electron chi connectivity index (χ3n) is 2.70. The van der Waals surface area contributed by atoms with E-state index in [0.717, 1.165) is 10.7 Å². The lowest BCUT2D eigenvalue weighted by atomic mass is 10.2. The van der Waals surface area contributed by atoms with Crippen LogP contribution in [0.3, 0.4) is 0 Å². The highest BCUT2D eigenvalue weighted by molar-refractivity contribution is 8.13. The average Bonchev–Trinajstić information content (AvgIpc) is 2.51. The second kappa shape index (κ2) is 9.50. The van der Waals surface area contributed by atoms with Crippen LogP contribution >= 0.6 is 0 Å². The minimum Gasteiger partial charge on any atom is -0.421 e. The first-order valence-corrected chi connectivity index (χ1v) is 9.93. The molecular formula is C13H16F6N2O4S2. The van der Waals surface area contributed by atoms with Crippen molar-refractivity contribution >= 4 is 26.1 Å². The molecular weight excluding hydrogens is 426 g/mol. The molecule has 0 amide bonds. The zero-order chi connectivity index (χ0) is 21.5. The first-order valence-electron chi connectivity index (χ1n) is 7.05. The van der Waals surface area contributed by atoms with Crippen molar-refractivity contribution in [1.29, 1.82) is 0 Å². The predicted octanol–water partition coefficient (Wildman–Crippen LogP) is 3.48. The fourth-order valence-electron chi connectivity index (χ4n) is 1.31. The molecule has 27 heavy (non-hydrogen) atoms. The van der Waals surface area contributed by atoms with Crippen LogP contribution in [-0.2, 0) is 26.6 Å². The molecule has 0 N–H and O–H groups in total. The maximum atomic E-state index is 11.4. The van der Waals surface area contributed by atoms with Gasteiger partial charge in [0.05, 0.1) is 0 Å². The van der Waals surface area contributed by atoms with Gasteiger partial charge in [-0.15, -0.1) is 0 Å². The molecule has 0 aliphatic carbocycles. The Bertz CT molecular complexity index is 774. The van der Waals surface area contributed by atoms with E-state index in [9.17, 15) is 43.2 Å². The maximum absolute atomic E-state index is 11.4. The van der Waals surface area contributed by atoms with Crippen molar-refractivity contribution in [3.05, 3.63) is 40.8 Å². The second-order valence-corrected chi connectivity index (χ2v) is 8.27. The Hall–Kier alpha value is -1.67. The van der Waals surface area contributed by atoms with E-state index in [2.05, 4.69) is 42.6 Å². The smallest absolute Gasteiger partial charge is 0.421 e. The zero-order valence-corrected chi connectivity index (χ0v) is 15.5. The standard InChI is InChI=1S/C11H16N.C2F6NO4S2/c1-3-5-8-12-9-6-11(4-2)7-10-12;3-1(4,5)14(10,11)9-15(12,13)2(6,7)8/h4,6-7,9-10H,2-3,5,8H2,1H3;/q+1;-1. The van der Waals surface area contributed by atoms with Gasteiger partial charge in [0.25, 0.3) is 0 Å². The molecule has 0 saturated carbocycles. The monoisotopic (exact) mass is 442 g/mol. The topological polar surface area (TPSA) is 86.3 Å². The number of hydrogen-bond donors (Lipinski definition) is 0. The molecule has 0 unspecified atom stereocenters. The van der Waals surface area contributed by atoms with E-state index >= 15 is 0 Å². The van der Waals surface area contributed by atoms with Crippen molar-refractivity contribution in [2.75, 3.05) is 0 Å². The molecule has 0 atom stereocenters. The quantitative estimate of drug-likeness (QED) is 0.499. The van der Waals surface area contributed by atoms with E-state index in [0.29, 0.717) is 0 Å². The van der Waals surface area contributed by atoms with Crippen molar-refractivity contribution in [3.63, 3.8) is 0 Å². The molecule has 0 spiro atoms. The van der Waals surface area contributed by atoms with Crippen molar-refractivity contribution in [2.24, 2.45) is 0 Å². The van der Waals surface area contributed by atoms with Gasteiger partial charge in [0.15, 0.2) is 32.4 Å². The van der Waals surface area contributed by atoms with E-state index in [1.165, 1.54) is 18.4 Å². The van der Waals surface area contributed by atoms with Crippen molar-refractivity contribution < 1.29 is 47.7 Å². The Balaban J connectivity index is 0.000000511. The van der Waals surface area contributed by atoms with Crippen LogP contribution < -0.4 is 4.57 Å². The van der Waals surface area contributed by atoms with Gasteiger partial charge in [-0.3, -0.25) is 0 Å². The second-order valence-electron chi connectivity index (χ2n) is 4.84. The number of rotatable bonds is 6. The molecule has 1 aromatic heterocycles. The molecule has 6 nitrogen and oxygen atoms in total. The van der Waals surface area contributed by atoms with Gasteiger partial charge in [-0.2, -0.15) is 26.3 Å². The lowest BCUT2D eigenvalue weighted by Gasteiger charge is -2.22. The lowest BCUT2D eigenvalue weighted by molar-refractivity contribution is -0.697. The van der Waals surface area contributed by atoms with Gasteiger partial charge < -0.3 is 4.13 Å². The molecule has 0 aromatic carbocycles. The largest absolute Gasteiger partial charge is 0.480 e. The summed E-state index contributed by atoms with van der Waals surface area (Å²) in [5, 5.41) is 0. The van der Waals surface area contributed by atoms with E-state index < -0.39 is 31.1 Å². The van der Waals surface area contributed by atoms with Crippen LogP contribution in [0.4, 0.5) is 26.3 Å². The number of unbranched alkanes of at least 4 members (excludes halogenated alkanes) is 1. The molecule has 0 saturated heterocycles. The first kappa shape index (κ1) is 25.3. The summed E-state index contributed by atoms with van der Waals surface area (Å²) >= 11 is 0. The highest BCUT2D eigenvalue weighted by Crippen LogP contribution is 2.36. The van der Waals surface area contributed by atoms with E-state index in [-0.39, 0.29) is 0 Å². The van der Waals surface area contributed by atoms with Gasteiger partial charge in [0.1, 0.15) is 6.54 Å². The molecule has 1 heterocycles. The normalized spacial score (nSPS) is 12.9. The molecule has 0 radical (unpaired) electrons. The molecule has 1 aromatic rings. The van der Waals surface area contributed by atoms with Crippen molar-refractivity contribution in [1.82, 2.24) is 0 Å².